The standard InChI is InChI=1S/C14H20N2O/c1-10-5-7-12(8-6-10)16-14(17)13-11(2)4-3-9-15-13/h5-8,11,13,15H,3-4,9H2,1-2H3,(H,16,17). The summed E-state index contributed by atoms with van der Waals surface area (Å²) in [6, 6.07) is 7.85. The summed E-state index contributed by atoms with van der Waals surface area (Å²) < 4.78 is 0. The van der Waals surface area contributed by atoms with Crippen molar-refractivity contribution in [3.8, 4) is 0 Å². The first kappa shape index (κ1) is 12.1. The molecule has 2 unspecified atom stereocenters. The maximum absolute atomic E-state index is 12.1. The predicted octanol–water partition coefficient (Wildman–Crippen LogP) is 2.32. The van der Waals surface area contributed by atoms with Crippen molar-refractivity contribution in [2.24, 2.45) is 5.92 Å². The van der Waals surface area contributed by atoms with E-state index in [1.54, 1.807) is 0 Å². The lowest BCUT2D eigenvalue weighted by Gasteiger charge is -2.28. The summed E-state index contributed by atoms with van der Waals surface area (Å²) in [6.07, 6.45) is 2.29. The molecular weight excluding hydrogens is 212 g/mol. The third-order valence-corrected chi connectivity index (χ3v) is 3.37. The molecule has 3 nitrogen and oxygen atoms in total. The Kier molecular flexibility index (Phi) is 3.79. The fourth-order valence-corrected chi connectivity index (χ4v) is 2.26. The van der Waals surface area contributed by atoms with Gasteiger partial charge in [0.15, 0.2) is 0 Å². The molecule has 0 aliphatic carbocycles. The monoisotopic (exact) mass is 232 g/mol. The molecule has 1 aromatic rings. The number of nitrogens with one attached hydrogen (secondary N) is 2. The van der Waals surface area contributed by atoms with Gasteiger partial charge in [0.05, 0.1) is 6.04 Å². The second-order valence-corrected chi connectivity index (χ2v) is 4.91. The van der Waals surface area contributed by atoms with Crippen LogP contribution in [0.3, 0.4) is 0 Å². The Morgan fingerprint density at radius 1 is 1.35 bits per heavy atom. The fraction of sp³-hybridized carbons (Fsp3) is 0.500. The maximum atomic E-state index is 12.1. The molecule has 2 N–H and O–H groups in total. The number of piperidine rings is 1. The van der Waals surface area contributed by atoms with Gasteiger partial charge in [0.1, 0.15) is 0 Å². The van der Waals surface area contributed by atoms with Gasteiger partial charge in [-0.15, -0.1) is 0 Å². The maximum Gasteiger partial charge on any atom is 0.241 e. The number of aryl methyl sites for hydroxylation is 1. The number of anilines is 1. The largest absolute Gasteiger partial charge is 0.325 e. The van der Waals surface area contributed by atoms with Crippen molar-refractivity contribution in [3.05, 3.63) is 29.8 Å². The number of hydrogen-bond donors (Lipinski definition) is 2. The molecule has 1 aromatic carbocycles. The average molecular weight is 232 g/mol. The number of hydrogen-bond acceptors (Lipinski definition) is 2. The third kappa shape index (κ3) is 3.07. The minimum atomic E-state index is -0.0509. The van der Waals surface area contributed by atoms with Crippen LogP contribution < -0.4 is 10.6 Å². The molecular formula is C14H20N2O. The second-order valence-electron chi connectivity index (χ2n) is 4.91. The summed E-state index contributed by atoms with van der Waals surface area (Å²) in [4.78, 5) is 12.1. The van der Waals surface area contributed by atoms with Gasteiger partial charge in [-0.3, -0.25) is 4.79 Å². The zero-order valence-electron chi connectivity index (χ0n) is 10.5. The van der Waals surface area contributed by atoms with E-state index in [9.17, 15) is 4.79 Å². The Balaban J connectivity index is 1.98. The average Bonchev–Trinajstić information content (AvgIpc) is 2.32. The quantitative estimate of drug-likeness (QED) is 0.821. The number of benzene rings is 1. The third-order valence-electron chi connectivity index (χ3n) is 3.37. The zero-order chi connectivity index (χ0) is 12.3. The molecule has 1 fully saturated rings. The Labute approximate surface area is 103 Å². The van der Waals surface area contributed by atoms with Crippen molar-refractivity contribution in [2.75, 3.05) is 11.9 Å². The van der Waals surface area contributed by atoms with E-state index >= 15 is 0 Å². The SMILES string of the molecule is Cc1ccc(NC(=O)C2NCCCC2C)cc1. The highest BCUT2D eigenvalue weighted by Gasteiger charge is 2.27. The lowest BCUT2D eigenvalue weighted by atomic mass is 9.92. The van der Waals surface area contributed by atoms with E-state index in [1.165, 1.54) is 5.56 Å². The Hall–Kier alpha value is -1.35. The fourth-order valence-electron chi connectivity index (χ4n) is 2.26. The van der Waals surface area contributed by atoms with Crippen molar-refractivity contribution in [3.63, 3.8) is 0 Å². The molecule has 1 aliphatic heterocycles. The predicted molar refractivity (Wildman–Crippen MR) is 70.0 cm³/mol. The smallest absolute Gasteiger partial charge is 0.241 e. The Morgan fingerprint density at radius 3 is 2.71 bits per heavy atom. The van der Waals surface area contributed by atoms with Gasteiger partial charge < -0.3 is 10.6 Å². The molecule has 2 rings (SSSR count). The minimum Gasteiger partial charge on any atom is -0.325 e. The number of carbonyl (C=O) groups excluding carboxylic acids is 1. The van der Waals surface area contributed by atoms with Gasteiger partial charge in [0, 0.05) is 5.69 Å². The first-order valence-electron chi connectivity index (χ1n) is 6.28. The van der Waals surface area contributed by atoms with Crippen LogP contribution in [0.2, 0.25) is 0 Å². The van der Waals surface area contributed by atoms with E-state index in [1.807, 2.05) is 31.2 Å². The summed E-state index contributed by atoms with van der Waals surface area (Å²) in [7, 11) is 0. The van der Waals surface area contributed by atoms with Crippen molar-refractivity contribution in [2.45, 2.75) is 32.7 Å². The summed E-state index contributed by atoms with van der Waals surface area (Å²) in [5, 5.41) is 6.26. The number of rotatable bonds is 2. The minimum absolute atomic E-state index is 0.0509. The van der Waals surface area contributed by atoms with Gasteiger partial charge in [-0.2, -0.15) is 0 Å². The molecule has 0 aromatic heterocycles. The molecule has 0 bridgehead atoms. The van der Waals surface area contributed by atoms with Gasteiger partial charge in [-0.1, -0.05) is 24.6 Å². The van der Waals surface area contributed by atoms with Crippen LogP contribution >= 0.6 is 0 Å². The van der Waals surface area contributed by atoms with Crippen LogP contribution in [0.25, 0.3) is 0 Å². The Morgan fingerprint density at radius 2 is 2.06 bits per heavy atom. The van der Waals surface area contributed by atoms with E-state index < -0.39 is 0 Å². The summed E-state index contributed by atoms with van der Waals surface area (Å²) in [5.41, 5.74) is 2.08. The van der Waals surface area contributed by atoms with Crippen LogP contribution in [-0.2, 0) is 4.79 Å². The molecule has 2 atom stereocenters. The first-order chi connectivity index (χ1) is 8.16. The molecule has 3 heteroatoms. The zero-order valence-corrected chi connectivity index (χ0v) is 10.5. The van der Waals surface area contributed by atoms with Crippen LogP contribution in [0.4, 0.5) is 5.69 Å². The first-order valence-corrected chi connectivity index (χ1v) is 6.28. The highest BCUT2D eigenvalue weighted by Crippen LogP contribution is 2.17. The van der Waals surface area contributed by atoms with E-state index in [0.29, 0.717) is 5.92 Å². The van der Waals surface area contributed by atoms with Crippen molar-refractivity contribution >= 4 is 11.6 Å². The van der Waals surface area contributed by atoms with E-state index in [0.717, 1.165) is 25.1 Å². The molecule has 0 spiro atoms. The van der Waals surface area contributed by atoms with Gasteiger partial charge in [-0.25, -0.2) is 0 Å². The van der Waals surface area contributed by atoms with Crippen molar-refractivity contribution < 1.29 is 4.79 Å². The normalized spacial score (nSPS) is 24.4. The number of amides is 1. The highest BCUT2D eigenvalue weighted by atomic mass is 16.2. The van der Waals surface area contributed by atoms with Gasteiger partial charge in [0.2, 0.25) is 5.91 Å². The Bertz CT molecular complexity index is 386. The summed E-state index contributed by atoms with van der Waals surface area (Å²) in [6.45, 7) is 5.11. The van der Waals surface area contributed by atoms with E-state index in [4.69, 9.17) is 0 Å². The molecule has 92 valence electrons. The highest BCUT2D eigenvalue weighted by molar-refractivity contribution is 5.95. The van der Waals surface area contributed by atoms with E-state index in [-0.39, 0.29) is 11.9 Å². The molecule has 1 aliphatic rings. The van der Waals surface area contributed by atoms with Crippen LogP contribution in [0.1, 0.15) is 25.3 Å². The lowest BCUT2D eigenvalue weighted by Crippen LogP contribution is -2.48. The second kappa shape index (κ2) is 5.32. The number of carbonyl (C=O) groups is 1. The van der Waals surface area contributed by atoms with Crippen LogP contribution in [-0.4, -0.2) is 18.5 Å². The summed E-state index contributed by atoms with van der Waals surface area (Å²) in [5.74, 6) is 0.496. The lowest BCUT2D eigenvalue weighted by molar-refractivity contribution is -0.119. The molecule has 1 amide bonds. The topological polar surface area (TPSA) is 41.1 Å². The van der Waals surface area contributed by atoms with E-state index in [2.05, 4.69) is 17.6 Å². The van der Waals surface area contributed by atoms with Crippen molar-refractivity contribution in [1.82, 2.24) is 5.32 Å². The van der Waals surface area contributed by atoms with Gasteiger partial charge >= 0.3 is 0 Å². The van der Waals surface area contributed by atoms with Gasteiger partial charge in [0.25, 0.3) is 0 Å². The molecule has 0 saturated carbocycles. The molecule has 1 saturated heterocycles. The van der Waals surface area contributed by atoms with Gasteiger partial charge in [-0.05, 0) is 44.4 Å². The molecule has 17 heavy (non-hydrogen) atoms. The summed E-state index contributed by atoms with van der Waals surface area (Å²) >= 11 is 0. The van der Waals surface area contributed by atoms with Crippen LogP contribution in [0, 0.1) is 12.8 Å². The van der Waals surface area contributed by atoms with Crippen LogP contribution in [0.5, 0.6) is 0 Å². The molecule has 1 heterocycles. The van der Waals surface area contributed by atoms with Crippen molar-refractivity contribution in [1.29, 1.82) is 0 Å². The molecule has 0 radical (unpaired) electrons. The van der Waals surface area contributed by atoms with Crippen LogP contribution in [0.15, 0.2) is 24.3 Å².